The van der Waals surface area contributed by atoms with E-state index in [1.165, 1.54) is 35.9 Å². The Hall–Kier alpha value is -4.06. The van der Waals surface area contributed by atoms with Crippen molar-refractivity contribution < 1.29 is 28.6 Å². The first kappa shape index (κ1) is 29.0. The lowest BCUT2D eigenvalue weighted by Crippen LogP contribution is -2.32. The van der Waals surface area contributed by atoms with Gasteiger partial charge in [0.15, 0.2) is 11.5 Å². The maximum absolute atomic E-state index is 14.0. The molecule has 220 valence electrons. The Balaban J connectivity index is 1.34. The second-order valence-corrected chi connectivity index (χ2v) is 12.5. The number of carbonyl (C=O) groups is 3. The molecule has 0 spiro atoms. The Morgan fingerprint density at radius 1 is 1.00 bits per heavy atom. The van der Waals surface area contributed by atoms with Gasteiger partial charge >= 0.3 is 10.8 Å². The number of nitrogens with one attached hydrogen (secondary N) is 1. The van der Waals surface area contributed by atoms with Gasteiger partial charge in [-0.2, -0.15) is 0 Å². The Morgan fingerprint density at radius 3 is 2.51 bits per heavy atom. The summed E-state index contributed by atoms with van der Waals surface area (Å²) < 4.78 is 16.7. The fourth-order valence-corrected chi connectivity index (χ4v) is 8.10. The number of methoxy groups -OCH3 is 1. The topological polar surface area (TPSA) is 115 Å². The highest BCUT2D eigenvalue weighted by molar-refractivity contribution is 8.00. The maximum atomic E-state index is 14.0. The smallest absolute Gasteiger partial charge is 0.338 e. The SMILES string of the molecule is CCOC(=O)c1ccc(N2C(=O)C3Sc4[nH]c(=O)sc4[C@H](c4ccc(OCc5cccc(Cl)c5)c(OC)c4)C3C2=O)cc1. The molecule has 0 aliphatic carbocycles. The van der Waals surface area contributed by atoms with E-state index in [4.69, 9.17) is 25.8 Å². The van der Waals surface area contributed by atoms with Crippen LogP contribution < -0.4 is 19.2 Å². The van der Waals surface area contributed by atoms with E-state index in [0.29, 0.717) is 43.2 Å². The van der Waals surface area contributed by atoms with E-state index in [1.807, 2.05) is 24.3 Å². The first-order chi connectivity index (χ1) is 20.8. The number of hydrogen-bond donors (Lipinski definition) is 1. The summed E-state index contributed by atoms with van der Waals surface area (Å²) in [6, 6.07) is 18.9. The van der Waals surface area contributed by atoms with Gasteiger partial charge in [-0.1, -0.05) is 52.9 Å². The number of rotatable bonds is 8. The molecule has 3 aromatic carbocycles. The average molecular weight is 637 g/mol. The third kappa shape index (κ3) is 5.44. The largest absolute Gasteiger partial charge is 0.493 e. The van der Waals surface area contributed by atoms with Crippen LogP contribution in [0.1, 0.15) is 39.2 Å². The summed E-state index contributed by atoms with van der Waals surface area (Å²) in [6.45, 7) is 2.21. The minimum absolute atomic E-state index is 0.234. The lowest BCUT2D eigenvalue weighted by atomic mass is 9.83. The zero-order valence-corrected chi connectivity index (χ0v) is 25.4. The third-order valence-electron chi connectivity index (χ3n) is 7.29. The number of amides is 2. The minimum atomic E-state index is -0.774. The second-order valence-electron chi connectivity index (χ2n) is 9.86. The standard InChI is InChI=1S/C31H25ClN2O7S2/c1-3-40-30(37)17-7-10-20(11-8-17)34-28(35)24-23(25-27(33-31(38)43-25)42-26(24)29(34)36)18-9-12-21(22(14-18)39-2)41-15-16-5-4-6-19(32)13-16/h4-14,23-24,26H,3,15H2,1-2H3,(H,33,38)/t23-,24?,26?/m1/s1. The number of ether oxygens (including phenoxy) is 3. The number of aromatic amines is 1. The summed E-state index contributed by atoms with van der Waals surface area (Å²) in [6.07, 6.45) is 0. The van der Waals surface area contributed by atoms with Crippen LogP contribution in [0.4, 0.5) is 5.69 Å². The van der Waals surface area contributed by atoms with E-state index in [-0.39, 0.29) is 29.9 Å². The Morgan fingerprint density at radius 2 is 1.79 bits per heavy atom. The molecule has 4 aromatic rings. The van der Waals surface area contributed by atoms with Crippen molar-refractivity contribution in [3.8, 4) is 11.5 Å². The van der Waals surface area contributed by atoms with E-state index in [9.17, 15) is 19.2 Å². The van der Waals surface area contributed by atoms with Crippen molar-refractivity contribution in [2.45, 2.75) is 29.7 Å². The van der Waals surface area contributed by atoms with Gasteiger partial charge in [0.2, 0.25) is 11.8 Å². The molecule has 3 atom stereocenters. The van der Waals surface area contributed by atoms with E-state index in [2.05, 4.69) is 4.98 Å². The second kappa shape index (κ2) is 11.9. The number of esters is 1. The number of imide groups is 1. The normalized spacial score (nSPS) is 19.1. The number of thiazole rings is 1. The monoisotopic (exact) mass is 636 g/mol. The number of aromatic nitrogens is 1. The van der Waals surface area contributed by atoms with Crippen molar-refractivity contribution in [1.82, 2.24) is 4.98 Å². The summed E-state index contributed by atoms with van der Waals surface area (Å²) in [5.41, 5.74) is 2.27. The van der Waals surface area contributed by atoms with Crippen molar-refractivity contribution in [3.63, 3.8) is 0 Å². The number of nitrogens with zero attached hydrogens (tertiary/aromatic N) is 1. The molecule has 1 fully saturated rings. The number of fused-ring (bicyclic) bond motifs is 2. The molecule has 9 nitrogen and oxygen atoms in total. The van der Waals surface area contributed by atoms with Gasteiger partial charge in [0.1, 0.15) is 11.9 Å². The molecule has 1 aromatic heterocycles. The van der Waals surface area contributed by atoms with Crippen molar-refractivity contribution in [2.24, 2.45) is 5.92 Å². The Labute approximate surface area is 259 Å². The van der Waals surface area contributed by atoms with Gasteiger partial charge in [0.25, 0.3) is 0 Å². The molecular formula is C31H25ClN2O7S2. The first-order valence-electron chi connectivity index (χ1n) is 13.4. The highest BCUT2D eigenvalue weighted by Crippen LogP contribution is 2.53. The fraction of sp³-hybridized carbons (Fsp3) is 0.226. The van der Waals surface area contributed by atoms with Crippen LogP contribution in [0.3, 0.4) is 0 Å². The number of halogens is 1. The molecule has 0 saturated carbocycles. The summed E-state index contributed by atoms with van der Waals surface area (Å²) in [5.74, 6) is -1.68. The van der Waals surface area contributed by atoms with Crippen molar-refractivity contribution in [1.29, 1.82) is 0 Å². The van der Waals surface area contributed by atoms with Crippen LogP contribution in [0.5, 0.6) is 11.5 Å². The molecule has 1 N–H and O–H groups in total. The lowest BCUT2D eigenvalue weighted by molar-refractivity contribution is -0.122. The van der Waals surface area contributed by atoms with Gasteiger partial charge < -0.3 is 19.2 Å². The minimum Gasteiger partial charge on any atom is -0.493 e. The average Bonchev–Trinajstić information content (AvgIpc) is 3.50. The molecule has 2 unspecified atom stereocenters. The molecule has 0 bridgehead atoms. The number of H-pyrrole nitrogens is 1. The van der Waals surface area contributed by atoms with Crippen LogP contribution in [-0.4, -0.2) is 41.7 Å². The molecule has 1 saturated heterocycles. The molecular weight excluding hydrogens is 612 g/mol. The molecule has 6 rings (SSSR count). The molecule has 2 aliphatic rings. The van der Waals surface area contributed by atoms with Gasteiger partial charge in [-0.25, -0.2) is 9.69 Å². The summed E-state index contributed by atoms with van der Waals surface area (Å²) in [4.78, 5) is 56.7. The van der Waals surface area contributed by atoms with Crippen molar-refractivity contribution in [3.05, 3.63) is 103 Å². The van der Waals surface area contributed by atoms with Crippen molar-refractivity contribution in [2.75, 3.05) is 18.6 Å². The predicted octanol–water partition coefficient (Wildman–Crippen LogP) is 5.65. The van der Waals surface area contributed by atoms with Gasteiger partial charge in [0.05, 0.1) is 35.9 Å². The van der Waals surface area contributed by atoms with Crippen LogP contribution in [0.15, 0.2) is 76.6 Å². The van der Waals surface area contributed by atoms with Crippen LogP contribution >= 0.6 is 34.7 Å². The highest BCUT2D eigenvalue weighted by Gasteiger charge is 2.56. The van der Waals surface area contributed by atoms with E-state index in [0.717, 1.165) is 16.9 Å². The first-order valence-corrected chi connectivity index (χ1v) is 15.5. The number of benzene rings is 3. The van der Waals surface area contributed by atoms with Crippen LogP contribution in [0.2, 0.25) is 5.02 Å². The van der Waals surface area contributed by atoms with E-state index in [1.54, 1.807) is 37.3 Å². The van der Waals surface area contributed by atoms with Crippen LogP contribution in [0, 0.1) is 5.92 Å². The number of carbonyl (C=O) groups excluding carboxylic acids is 3. The molecule has 43 heavy (non-hydrogen) atoms. The maximum Gasteiger partial charge on any atom is 0.338 e. The van der Waals surface area contributed by atoms with Gasteiger partial charge in [-0.3, -0.25) is 14.4 Å². The Bertz CT molecular complexity index is 1790. The molecule has 12 heteroatoms. The molecule has 0 radical (unpaired) electrons. The number of hydrogen-bond acceptors (Lipinski definition) is 9. The summed E-state index contributed by atoms with van der Waals surface area (Å²) >= 11 is 8.32. The zero-order valence-electron chi connectivity index (χ0n) is 23.0. The van der Waals surface area contributed by atoms with E-state index >= 15 is 0 Å². The van der Waals surface area contributed by atoms with Gasteiger partial charge in [-0.15, -0.1) is 0 Å². The van der Waals surface area contributed by atoms with Crippen LogP contribution in [-0.2, 0) is 20.9 Å². The predicted molar refractivity (Wildman–Crippen MR) is 164 cm³/mol. The van der Waals surface area contributed by atoms with Crippen molar-refractivity contribution >= 4 is 58.2 Å². The molecule has 3 heterocycles. The highest BCUT2D eigenvalue weighted by atomic mass is 35.5. The quantitative estimate of drug-likeness (QED) is 0.195. The number of anilines is 1. The zero-order chi connectivity index (χ0) is 30.2. The van der Waals surface area contributed by atoms with E-state index < -0.39 is 23.1 Å². The van der Waals surface area contributed by atoms with Gasteiger partial charge in [-0.05, 0) is 66.6 Å². The molecule has 2 amide bonds. The lowest BCUT2D eigenvalue weighted by Gasteiger charge is -2.30. The Kier molecular flexibility index (Phi) is 8.04. The summed E-state index contributed by atoms with van der Waals surface area (Å²) in [7, 11) is 1.52. The third-order valence-corrected chi connectivity index (χ3v) is 9.93. The fourth-order valence-electron chi connectivity index (χ4n) is 5.38. The van der Waals surface area contributed by atoms with Crippen LogP contribution in [0.25, 0.3) is 0 Å². The summed E-state index contributed by atoms with van der Waals surface area (Å²) in [5, 5.41) is 0.418. The molecule has 2 aliphatic heterocycles. The van der Waals surface area contributed by atoms with Gasteiger partial charge in [0, 0.05) is 15.8 Å². The number of thioether (sulfide) groups is 1.